The van der Waals surface area contributed by atoms with E-state index in [0.29, 0.717) is 0 Å². The van der Waals surface area contributed by atoms with E-state index in [9.17, 15) is 0 Å². The molecule has 1 rings (SSSR count). The maximum atomic E-state index is 5.97. The van der Waals surface area contributed by atoms with Crippen molar-refractivity contribution < 1.29 is 0 Å². The second kappa shape index (κ2) is 5.19. The minimum atomic E-state index is -0.152. The summed E-state index contributed by atoms with van der Waals surface area (Å²) in [5.74, 6) is 0. The van der Waals surface area contributed by atoms with E-state index in [4.69, 9.17) is 5.73 Å². The molecule has 17 heavy (non-hydrogen) atoms. The first kappa shape index (κ1) is 14.2. The summed E-state index contributed by atoms with van der Waals surface area (Å²) in [6, 6.07) is 2.26. The Morgan fingerprint density at radius 2 is 1.53 bits per heavy atom. The van der Waals surface area contributed by atoms with Crippen LogP contribution in [0.4, 0.5) is 0 Å². The molecule has 1 aromatic rings. The molecule has 0 aliphatic carbocycles. The number of rotatable bonds is 4. The molecule has 3 N–H and O–H groups in total. The average molecular weight is 234 g/mol. The van der Waals surface area contributed by atoms with Gasteiger partial charge in [-0.15, -0.1) is 0 Å². The Hall–Kier alpha value is -0.860. The summed E-state index contributed by atoms with van der Waals surface area (Å²) >= 11 is 0. The van der Waals surface area contributed by atoms with Crippen molar-refractivity contribution in [3.8, 4) is 0 Å². The summed E-state index contributed by atoms with van der Waals surface area (Å²) in [6.07, 6.45) is 0. The SMILES string of the molecule is Cc1cc(C)c(C)c(CNCC(C)(C)N)c1C. The molecule has 0 saturated heterocycles. The summed E-state index contributed by atoms with van der Waals surface area (Å²) < 4.78 is 0. The normalized spacial score (nSPS) is 11.9. The third-order valence-electron chi connectivity index (χ3n) is 3.40. The molecule has 2 heteroatoms. The smallest absolute Gasteiger partial charge is 0.0223 e. The van der Waals surface area contributed by atoms with Crippen LogP contribution in [0.2, 0.25) is 0 Å². The predicted octanol–water partition coefficient (Wildman–Crippen LogP) is 2.75. The zero-order chi connectivity index (χ0) is 13.2. The van der Waals surface area contributed by atoms with Crippen LogP contribution < -0.4 is 11.1 Å². The Morgan fingerprint density at radius 1 is 1.06 bits per heavy atom. The van der Waals surface area contributed by atoms with Crippen molar-refractivity contribution in [3.05, 3.63) is 33.9 Å². The highest BCUT2D eigenvalue weighted by molar-refractivity contribution is 5.43. The van der Waals surface area contributed by atoms with E-state index in [1.807, 2.05) is 13.8 Å². The highest BCUT2D eigenvalue weighted by Crippen LogP contribution is 2.21. The molecule has 0 radical (unpaired) electrons. The van der Waals surface area contributed by atoms with Crippen LogP contribution in [0.3, 0.4) is 0 Å². The highest BCUT2D eigenvalue weighted by Gasteiger charge is 2.12. The maximum Gasteiger partial charge on any atom is 0.0223 e. The highest BCUT2D eigenvalue weighted by atomic mass is 14.9. The van der Waals surface area contributed by atoms with E-state index in [-0.39, 0.29) is 5.54 Å². The van der Waals surface area contributed by atoms with Gasteiger partial charge in [0, 0.05) is 18.6 Å². The Labute approximate surface area is 106 Å². The van der Waals surface area contributed by atoms with E-state index in [2.05, 4.69) is 39.1 Å². The summed E-state index contributed by atoms with van der Waals surface area (Å²) in [6.45, 7) is 14.6. The fraction of sp³-hybridized carbons (Fsp3) is 0.600. The van der Waals surface area contributed by atoms with Gasteiger partial charge in [0.2, 0.25) is 0 Å². The van der Waals surface area contributed by atoms with Crippen molar-refractivity contribution in [2.45, 2.75) is 53.6 Å². The van der Waals surface area contributed by atoms with E-state index in [1.54, 1.807) is 0 Å². The number of nitrogens with one attached hydrogen (secondary N) is 1. The Balaban J connectivity index is 2.84. The lowest BCUT2D eigenvalue weighted by Gasteiger charge is -2.21. The second-order valence-electron chi connectivity index (χ2n) is 5.83. The molecule has 0 unspecified atom stereocenters. The van der Waals surface area contributed by atoms with Gasteiger partial charge in [-0.25, -0.2) is 0 Å². The van der Waals surface area contributed by atoms with Crippen LogP contribution in [0, 0.1) is 27.7 Å². The first-order chi connectivity index (χ1) is 7.72. The molecule has 2 nitrogen and oxygen atoms in total. The number of benzene rings is 1. The molecule has 0 aliphatic heterocycles. The minimum absolute atomic E-state index is 0.152. The van der Waals surface area contributed by atoms with Crippen LogP contribution >= 0.6 is 0 Å². The molecule has 0 aromatic heterocycles. The van der Waals surface area contributed by atoms with Crippen molar-refractivity contribution in [2.24, 2.45) is 5.73 Å². The molecule has 0 amide bonds. The summed E-state index contributed by atoms with van der Waals surface area (Å²) in [4.78, 5) is 0. The average Bonchev–Trinajstić information content (AvgIpc) is 2.19. The maximum absolute atomic E-state index is 5.97. The van der Waals surface area contributed by atoms with Crippen LogP contribution in [0.1, 0.15) is 41.7 Å². The number of hydrogen-bond donors (Lipinski definition) is 2. The van der Waals surface area contributed by atoms with Gasteiger partial charge in [0.1, 0.15) is 0 Å². The lowest BCUT2D eigenvalue weighted by Crippen LogP contribution is -2.42. The first-order valence-electron chi connectivity index (χ1n) is 6.28. The fourth-order valence-corrected chi connectivity index (χ4v) is 2.07. The molecular weight excluding hydrogens is 208 g/mol. The predicted molar refractivity (Wildman–Crippen MR) is 75.4 cm³/mol. The van der Waals surface area contributed by atoms with E-state index in [0.717, 1.165) is 13.1 Å². The topological polar surface area (TPSA) is 38.0 Å². The van der Waals surface area contributed by atoms with Crippen molar-refractivity contribution in [3.63, 3.8) is 0 Å². The van der Waals surface area contributed by atoms with Crippen molar-refractivity contribution in [2.75, 3.05) is 6.54 Å². The molecule has 0 aliphatic rings. The van der Waals surface area contributed by atoms with Gasteiger partial charge in [-0.05, 0) is 69.4 Å². The minimum Gasteiger partial charge on any atom is -0.324 e. The molecule has 96 valence electrons. The van der Waals surface area contributed by atoms with Gasteiger partial charge in [-0.2, -0.15) is 0 Å². The van der Waals surface area contributed by atoms with Gasteiger partial charge < -0.3 is 11.1 Å². The molecule has 0 spiro atoms. The third-order valence-corrected chi connectivity index (χ3v) is 3.40. The van der Waals surface area contributed by atoms with Crippen LogP contribution in [0.15, 0.2) is 6.07 Å². The number of nitrogens with two attached hydrogens (primary N) is 1. The Bertz CT molecular complexity index is 374. The standard InChI is InChI=1S/C15H26N2/c1-10-7-11(2)13(4)14(12(10)3)8-17-9-15(5,6)16/h7,17H,8-9,16H2,1-6H3. The molecule has 0 heterocycles. The van der Waals surface area contributed by atoms with Crippen LogP contribution in [0.25, 0.3) is 0 Å². The molecule has 0 bridgehead atoms. The summed E-state index contributed by atoms with van der Waals surface area (Å²) in [5, 5.41) is 3.45. The van der Waals surface area contributed by atoms with Crippen LogP contribution in [-0.4, -0.2) is 12.1 Å². The zero-order valence-electron chi connectivity index (χ0n) is 12.1. The van der Waals surface area contributed by atoms with Gasteiger partial charge in [0.25, 0.3) is 0 Å². The quantitative estimate of drug-likeness (QED) is 0.840. The van der Waals surface area contributed by atoms with E-state index in [1.165, 1.54) is 27.8 Å². The monoisotopic (exact) mass is 234 g/mol. The number of aryl methyl sites for hydroxylation is 2. The summed E-state index contributed by atoms with van der Waals surface area (Å²) in [7, 11) is 0. The van der Waals surface area contributed by atoms with Gasteiger partial charge in [-0.3, -0.25) is 0 Å². The van der Waals surface area contributed by atoms with Gasteiger partial charge in [0.15, 0.2) is 0 Å². The number of hydrogen-bond acceptors (Lipinski definition) is 2. The Morgan fingerprint density at radius 3 is 1.94 bits per heavy atom. The molecule has 1 aromatic carbocycles. The lowest BCUT2D eigenvalue weighted by atomic mass is 9.94. The largest absolute Gasteiger partial charge is 0.324 e. The molecule has 0 saturated carbocycles. The summed E-state index contributed by atoms with van der Waals surface area (Å²) in [5.41, 5.74) is 12.8. The van der Waals surface area contributed by atoms with Crippen molar-refractivity contribution >= 4 is 0 Å². The lowest BCUT2D eigenvalue weighted by molar-refractivity contribution is 0.466. The molecule has 0 fully saturated rings. The Kier molecular flexibility index (Phi) is 4.34. The zero-order valence-corrected chi connectivity index (χ0v) is 12.1. The van der Waals surface area contributed by atoms with Crippen molar-refractivity contribution in [1.29, 1.82) is 0 Å². The van der Waals surface area contributed by atoms with Gasteiger partial charge >= 0.3 is 0 Å². The second-order valence-corrected chi connectivity index (χ2v) is 5.83. The van der Waals surface area contributed by atoms with E-state index >= 15 is 0 Å². The fourth-order valence-electron chi connectivity index (χ4n) is 2.07. The molecular formula is C15H26N2. The van der Waals surface area contributed by atoms with Gasteiger partial charge in [-0.1, -0.05) is 6.07 Å². The molecule has 0 atom stereocenters. The van der Waals surface area contributed by atoms with Gasteiger partial charge in [0.05, 0.1) is 0 Å². The first-order valence-corrected chi connectivity index (χ1v) is 6.28. The van der Waals surface area contributed by atoms with Crippen LogP contribution in [0.5, 0.6) is 0 Å². The van der Waals surface area contributed by atoms with E-state index < -0.39 is 0 Å². The van der Waals surface area contributed by atoms with Crippen LogP contribution in [-0.2, 0) is 6.54 Å². The van der Waals surface area contributed by atoms with Crippen molar-refractivity contribution in [1.82, 2.24) is 5.32 Å². The third kappa shape index (κ3) is 3.83.